The number of nitrogens with two attached hydrogens (primary N) is 1. The molecule has 0 saturated heterocycles. The maximum absolute atomic E-state index is 6.16. The van der Waals surface area contributed by atoms with E-state index >= 15 is 0 Å². The molecule has 0 saturated carbocycles. The molecule has 2 N–H and O–H groups in total. The molecule has 0 atom stereocenters. The van der Waals surface area contributed by atoms with Crippen LogP contribution in [0.3, 0.4) is 0 Å². The molecule has 84 valence electrons. The Hall–Kier alpha value is -0.800. The SMILES string of the molecule is CCCN(CC)c1ncc(CN)cc1Cl. The third-order valence-corrected chi connectivity index (χ3v) is 2.57. The Bertz CT molecular complexity index is 315. The van der Waals surface area contributed by atoms with Gasteiger partial charge in [0, 0.05) is 25.8 Å². The highest BCUT2D eigenvalue weighted by molar-refractivity contribution is 6.33. The zero-order chi connectivity index (χ0) is 11.3. The number of hydrogen-bond donors (Lipinski definition) is 1. The summed E-state index contributed by atoms with van der Waals surface area (Å²) >= 11 is 6.16. The monoisotopic (exact) mass is 227 g/mol. The Labute approximate surface area is 96.2 Å². The first-order valence-electron chi connectivity index (χ1n) is 5.32. The van der Waals surface area contributed by atoms with Crippen LogP contribution < -0.4 is 10.6 Å². The molecule has 0 spiro atoms. The Morgan fingerprint density at radius 1 is 1.47 bits per heavy atom. The van der Waals surface area contributed by atoms with Crippen molar-refractivity contribution in [3.63, 3.8) is 0 Å². The van der Waals surface area contributed by atoms with Crippen molar-refractivity contribution in [2.45, 2.75) is 26.8 Å². The summed E-state index contributed by atoms with van der Waals surface area (Å²) in [5, 5.41) is 0.688. The van der Waals surface area contributed by atoms with Crippen LogP contribution in [0, 0.1) is 0 Å². The zero-order valence-electron chi connectivity index (χ0n) is 9.33. The molecule has 1 aromatic rings. The predicted molar refractivity (Wildman–Crippen MR) is 65.3 cm³/mol. The van der Waals surface area contributed by atoms with Crippen molar-refractivity contribution in [3.8, 4) is 0 Å². The standard InChI is InChI=1S/C11H18ClN3/c1-3-5-15(4-2)11-10(12)6-9(7-13)8-14-11/h6,8H,3-5,7,13H2,1-2H3. The minimum absolute atomic E-state index is 0.479. The molecule has 3 nitrogen and oxygen atoms in total. The topological polar surface area (TPSA) is 42.2 Å². The number of nitrogens with zero attached hydrogens (tertiary/aromatic N) is 2. The van der Waals surface area contributed by atoms with Crippen LogP contribution in [-0.2, 0) is 6.54 Å². The van der Waals surface area contributed by atoms with Gasteiger partial charge < -0.3 is 10.6 Å². The average molecular weight is 228 g/mol. The van der Waals surface area contributed by atoms with Gasteiger partial charge in [0.2, 0.25) is 0 Å². The lowest BCUT2D eigenvalue weighted by Crippen LogP contribution is -2.24. The second-order valence-electron chi connectivity index (χ2n) is 3.43. The first kappa shape index (κ1) is 12.3. The second-order valence-corrected chi connectivity index (χ2v) is 3.84. The Kier molecular flexibility index (Phi) is 4.85. The molecule has 0 unspecified atom stereocenters. The van der Waals surface area contributed by atoms with E-state index in [4.69, 9.17) is 17.3 Å². The summed E-state index contributed by atoms with van der Waals surface area (Å²) in [6, 6.07) is 1.89. The molecule has 0 radical (unpaired) electrons. The highest BCUT2D eigenvalue weighted by atomic mass is 35.5. The molecule has 15 heavy (non-hydrogen) atoms. The number of anilines is 1. The molecule has 0 aliphatic heterocycles. The summed E-state index contributed by atoms with van der Waals surface area (Å²) in [5.74, 6) is 0.859. The molecule has 0 aliphatic carbocycles. The normalized spacial score (nSPS) is 10.4. The van der Waals surface area contributed by atoms with Crippen molar-refractivity contribution in [3.05, 3.63) is 22.8 Å². The Morgan fingerprint density at radius 3 is 2.67 bits per heavy atom. The van der Waals surface area contributed by atoms with E-state index in [1.165, 1.54) is 0 Å². The van der Waals surface area contributed by atoms with Gasteiger partial charge in [-0.25, -0.2) is 4.98 Å². The maximum atomic E-state index is 6.16. The van der Waals surface area contributed by atoms with Gasteiger partial charge in [0.05, 0.1) is 5.02 Å². The van der Waals surface area contributed by atoms with Gasteiger partial charge in [-0.1, -0.05) is 18.5 Å². The third kappa shape index (κ3) is 3.08. The van der Waals surface area contributed by atoms with Crippen LogP contribution in [0.5, 0.6) is 0 Å². The highest BCUT2D eigenvalue weighted by Crippen LogP contribution is 2.23. The van der Waals surface area contributed by atoms with Crippen LogP contribution in [-0.4, -0.2) is 18.1 Å². The third-order valence-electron chi connectivity index (χ3n) is 2.29. The van der Waals surface area contributed by atoms with Gasteiger partial charge >= 0.3 is 0 Å². The summed E-state index contributed by atoms with van der Waals surface area (Å²) < 4.78 is 0. The first-order valence-corrected chi connectivity index (χ1v) is 5.70. The van der Waals surface area contributed by atoms with E-state index in [0.29, 0.717) is 11.6 Å². The van der Waals surface area contributed by atoms with E-state index in [2.05, 4.69) is 23.7 Å². The molecule has 0 bridgehead atoms. The van der Waals surface area contributed by atoms with E-state index in [1.807, 2.05) is 6.07 Å². The van der Waals surface area contributed by atoms with Crippen molar-refractivity contribution in [1.82, 2.24) is 4.98 Å². The van der Waals surface area contributed by atoms with Crippen LogP contribution in [0.4, 0.5) is 5.82 Å². The Morgan fingerprint density at radius 2 is 2.20 bits per heavy atom. The molecule has 0 amide bonds. The van der Waals surface area contributed by atoms with Crippen molar-refractivity contribution >= 4 is 17.4 Å². The molecular formula is C11H18ClN3. The van der Waals surface area contributed by atoms with Crippen LogP contribution in [0.15, 0.2) is 12.3 Å². The summed E-state index contributed by atoms with van der Waals surface area (Å²) in [5.41, 5.74) is 6.49. The predicted octanol–water partition coefficient (Wildman–Crippen LogP) is 2.43. The summed E-state index contributed by atoms with van der Waals surface area (Å²) in [6.45, 7) is 6.62. The molecule has 0 aliphatic rings. The molecule has 4 heteroatoms. The Balaban J connectivity index is 2.92. The lowest BCUT2D eigenvalue weighted by molar-refractivity contribution is 0.777. The van der Waals surface area contributed by atoms with Crippen LogP contribution in [0.25, 0.3) is 0 Å². The van der Waals surface area contributed by atoms with Crippen molar-refractivity contribution in [1.29, 1.82) is 0 Å². The zero-order valence-corrected chi connectivity index (χ0v) is 10.1. The molecule has 1 heterocycles. The van der Waals surface area contributed by atoms with E-state index in [9.17, 15) is 0 Å². The minimum Gasteiger partial charge on any atom is -0.356 e. The van der Waals surface area contributed by atoms with Gasteiger partial charge in [0.1, 0.15) is 5.82 Å². The van der Waals surface area contributed by atoms with Crippen molar-refractivity contribution < 1.29 is 0 Å². The smallest absolute Gasteiger partial charge is 0.147 e. The molecular weight excluding hydrogens is 210 g/mol. The molecule has 0 fully saturated rings. The largest absolute Gasteiger partial charge is 0.356 e. The molecule has 0 aromatic carbocycles. The number of pyridine rings is 1. The van der Waals surface area contributed by atoms with E-state index in [-0.39, 0.29) is 0 Å². The molecule has 1 rings (SSSR count). The average Bonchev–Trinajstić information content (AvgIpc) is 2.26. The van der Waals surface area contributed by atoms with Crippen LogP contribution >= 0.6 is 11.6 Å². The van der Waals surface area contributed by atoms with Gasteiger partial charge in [-0.15, -0.1) is 0 Å². The summed E-state index contributed by atoms with van der Waals surface area (Å²) in [4.78, 5) is 6.52. The van der Waals surface area contributed by atoms with Gasteiger partial charge in [-0.2, -0.15) is 0 Å². The van der Waals surface area contributed by atoms with Gasteiger partial charge in [0.15, 0.2) is 0 Å². The highest BCUT2D eigenvalue weighted by Gasteiger charge is 2.09. The number of rotatable bonds is 5. The van der Waals surface area contributed by atoms with E-state index in [0.717, 1.165) is 30.9 Å². The fourth-order valence-corrected chi connectivity index (χ4v) is 1.81. The van der Waals surface area contributed by atoms with E-state index < -0.39 is 0 Å². The lowest BCUT2D eigenvalue weighted by atomic mass is 10.2. The van der Waals surface area contributed by atoms with Gasteiger partial charge in [0.25, 0.3) is 0 Å². The van der Waals surface area contributed by atoms with Crippen molar-refractivity contribution in [2.24, 2.45) is 5.73 Å². The minimum atomic E-state index is 0.479. The summed E-state index contributed by atoms with van der Waals surface area (Å²) in [6.07, 6.45) is 2.88. The fraction of sp³-hybridized carbons (Fsp3) is 0.545. The quantitative estimate of drug-likeness (QED) is 0.840. The van der Waals surface area contributed by atoms with Gasteiger partial charge in [-0.05, 0) is 25.0 Å². The number of hydrogen-bond acceptors (Lipinski definition) is 3. The first-order chi connectivity index (χ1) is 7.22. The number of aromatic nitrogens is 1. The van der Waals surface area contributed by atoms with Gasteiger partial charge in [-0.3, -0.25) is 0 Å². The summed E-state index contributed by atoms with van der Waals surface area (Å²) in [7, 11) is 0. The second kappa shape index (κ2) is 5.93. The maximum Gasteiger partial charge on any atom is 0.147 e. The lowest BCUT2D eigenvalue weighted by Gasteiger charge is -2.22. The van der Waals surface area contributed by atoms with Crippen LogP contribution in [0.2, 0.25) is 5.02 Å². The van der Waals surface area contributed by atoms with Crippen LogP contribution in [0.1, 0.15) is 25.8 Å². The number of halogens is 1. The van der Waals surface area contributed by atoms with Crippen molar-refractivity contribution in [2.75, 3.05) is 18.0 Å². The molecule has 1 aromatic heterocycles. The van der Waals surface area contributed by atoms with E-state index in [1.54, 1.807) is 6.20 Å². The fourth-order valence-electron chi connectivity index (χ4n) is 1.50.